The van der Waals surface area contributed by atoms with Crippen LogP contribution in [0.25, 0.3) is 0 Å². The van der Waals surface area contributed by atoms with E-state index in [1.807, 2.05) is 0 Å². The van der Waals surface area contributed by atoms with Crippen molar-refractivity contribution in [2.45, 2.75) is 63.7 Å². The first-order valence-corrected chi connectivity index (χ1v) is 7.46. The third kappa shape index (κ3) is 2.51. The van der Waals surface area contributed by atoms with Gasteiger partial charge in [-0.2, -0.15) is 0 Å². The van der Waals surface area contributed by atoms with Crippen LogP contribution >= 0.6 is 0 Å². The first-order chi connectivity index (χ1) is 8.22. The van der Waals surface area contributed by atoms with Crippen molar-refractivity contribution in [2.75, 3.05) is 26.2 Å². The van der Waals surface area contributed by atoms with Crippen LogP contribution in [0.1, 0.15) is 39.5 Å². The standard InChI is InChI=1S/C14H27N3/c1-11(2)16-8-6-14(10-16)17-7-5-12-3-4-13(9-17)15-12/h11-15H,3-10H2,1-2H3. The lowest BCUT2D eigenvalue weighted by molar-refractivity contribution is 0.175. The number of hydrogen-bond acceptors (Lipinski definition) is 3. The van der Waals surface area contributed by atoms with E-state index in [0.29, 0.717) is 0 Å². The van der Waals surface area contributed by atoms with E-state index in [1.54, 1.807) is 0 Å². The molecule has 0 amide bonds. The Morgan fingerprint density at radius 3 is 2.53 bits per heavy atom. The Bertz CT molecular complexity index is 266. The summed E-state index contributed by atoms with van der Waals surface area (Å²) in [5.74, 6) is 0. The molecule has 0 aromatic heterocycles. The second-order valence-electron chi connectivity index (χ2n) is 6.45. The minimum atomic E-state index is 0.724. The van der Waals surface area contributed by atoms with E-state index < -0.39 is 0 Å². The molecule has 0 aromatic carbocycles. The van der Waals surface area contributed by atoms with Gasteiger partial charge in [0.05, 0.1) is 0 Å². The molecular formula is C14H27N3. The molecule has 17 heavy (non-hydrogen) atoms. The summed E-state index contributed by atoms with van der Waals surface area (Å²) >= 11 is 0. The highest BCUT2D eigenvalue weighted by atomic mass is 15.3. The SMILES string of the molecule is CC(C)N1CCC(N2CCC3CCC(C2)N3)C1. The first kappa shape index (κ1) is 11.9. The van der Waals surface area contributed by atoms with Crippen LogP contribution in [0.2, 0.25) is 0 Å². The lowest BCUT2D eigenvalue weighted by atomic mass is 10.1. The fraction of sp³-hybridized carbons (Fsp3) is 1.00. The van der Waals surface area contributed by atoms with Crippen molar-refractivity contribution in [1.29, 1.82) is 0 Å². The second-order valence-corrected chi connectivity index (χ2v) is 6.45. The molecule has 2 bridgehead atoms. The van der Waals surface area contributed by atoms with Gasteiger partial charge in [-0.1, -0.05) is 0 Å². The molecule has 0 aliphatic carbocycles. The predicted molar refractivity (Wildman–Crippen MR) is 71.2 cm³/mol. The van der Waals surface area contributed by atoms with E-state index in [1.165, 1.54) is 51.9 Å². The minimum Gasteiger partial charge on any atom is -0.310 e. The van der Waals surface area contributed by atoms with Crippen molar-refractivity contribution in [1.82, 2.24) is 15.1 Å². The van der Waals surface area contributed by atoms with Gasteiger partial charge in [0.15, 0.2) is 0 Å². The number of rotatable bonds is 2. The molecule has 0 spiro atoms. The van der Waals surface area contributed by atoms with Crippen LogP contribution in [-0.4, -0.2) is 60.1 Å². The Morgan fingerprint density at radius 1 is 0.941 bits per heavy atom. The fourth-order valence-electron chi connectivity index (χ4n) is 3.84. The molecule has 3 heteroatoms. The van der Waals surface area contributed by atoms with Gasteiger partial charge in [0.25, 0.3) is 0 Å². The molecule has 3 heterocycles. The van der Waals surface area contributed by atoms with Gasteiger partial charge in [-0.25, -0.2) is 0 Å². The number of nitrogens with zero attached hydrogens (tertiary/aromatic N) is 2. The molecular weight excluding hydrogens is 210 g/mol. The Labute approximate surface area is 106 Å². The van der Waals surface area contributed by atoms with Gasteiger partial charge in [0.1, 0.15) is 0 Å². The molecule has 1 N–H and O–H groups in total. The van der Waals surface area contributed by atoms with Gasteiger partial charge >= 0.3 is 0 Å². The van der Waals surface area contributed by atoms with Crippen LogP contribution in [0.5, 0.6) is 0 Å². The lowest BCUT2D eigenvalue weighted by Gasteiger charge is -2.30. The van der Waals surface area contributed by atoms with Crippen molar-refractivity contribution in [3.8, 4) is 0 Å². The van der Waals surface area contributed by atoms with Gasteiger partial charge in [-0.3, -0.25) is 9.80 Å². The minimum absolute atomic E-state index is 0.724. The van der Waals surface area contributed by atoms with Crippen LogP contribution in [0.15, 0.2) is 0 Å². The van der Waals surface area contributed by atoms with Gasteiger partial charge in [-0.15, -0.1) is 0 Å². The van der Waals surface area contributed by atoms with E-state index >= 15 is 0 Å². The maximum absolute atomic E-state index is 3.78. The molecule has 3 atom stereocenters. The molecule has 3 nitrogen and oxygen atoms in total. The van der Waals surface area contributed by atoms with Gasteiger partial charge < -0.3 is 5.32 Å². The number of nitrogens with one attached hydrogen (secondary N) is 1. The Balaban J connectivity index is 1.58. The third-order valence-corrected chi connectivity index (χ3v) is 5.00. The average Bonchev–Trinajstić information content (AvgIpc) is 2.86. The zero-order chi connectivity index (χ0) is 11.8. The summed E-state index contributed by atoms with van der Waals surface area (Å²) in [4.78, 5) is 5.42. The summed E-state index contributed by atoms with van der Waals surface area (Å²) in [5, 5.41) is 3.78. The van der Waals surface area contributed by atoms with E-state index in [2.05, 4.69) is 29.0 Å². The Morgan fingerprint density at radius 2 is 1.76 bits per heavy atom. The van der Waals surface area contributed by atoms with Crippen LogP contribution in [0.3, 0.4) is 0 Å². The van der Waals surface area contributed by atoms with Gasteiger partial charge in [0.2, 0.25) is 0 Å². The highest BCUT2D eigenvalue weighted by Crippen LogP contribution is 2.25. The van der Waals surface area contributed by atoms with Crippen molar-refractivity contribution in [3.63, 3.8) is 0 Å². The largest absolute Gasteiger partial charge is 0.310 e. The van der Waals surface area contributed by atoms with Crippen LogP contribution in [0, 0.1) is 0 Å². The highest BCUT2D eigenvalue weighted by Gasteiger charge is 2.34. The van der Waals surface area contributed by atoms with Crippen molar-refractivity contribution >= 4 is 0 Å². The zero-order valence-electron chi connectivity index (χ0n) is 11.4. The first-order valence-electron chi connectivity index (χ1n) is 7.46. The van der Waals surface area contributed by atoms with E-state index in [9.17, 15) is 0 Å². The lowest BCUT2D eigenvalue weighted by Crippen LogP contribution is -2.43. The quantitative estimate of drug-likeness (QED) is 0.781. The van der Waals surface area contributed by atoms with E-state index in [0.717, 1.165) is 24.2 Å². The molecule has 0 aromatic rings. The molecule has 3 saturated heterocycles. The summed E-state index contributed by atoms with van der Waals surface area (Å²) in [6, 6.07) is 3.17. The van der Waals surface area contributed by atoms with E-state index in [-0.39, 0.29) is 0 Å². The normalized spacial score (nSPS) is 40.1. The maximum atomic E-state index is 3.78. The molecule has 3 aliphatic rings. The Kier molecular flexibility index (Phi) is 3.42. The molecule has 3 unspecified atom stereocenters. The van der Waals surface area contributed by atoms with Crippen LogP contribution in [0.4, 0.5) is 0 Å². The molecule has 3 rings (SSSR count). The third-order valence-electron chi connectivity index (χ3n) is 5.00. The fourth-order valence-corrected chi connectivity index (χ4v) is 3.84. The second kappa shape index (κ2) is 4.87. The molecule has 3 aliphatic heterocycles. The van der Waals surface area contributed by atoms with Crippen molar-refractivity contribution in [2.24, 2.45) is 0 Å². The van der Waals surface area contributed by atoms with E-state index in [4.69, 9.17) is 0 Å². The molecule has 98 valence electrons. The topological polar surface area (TPSA) is 18.5 Å². The summed E-state index contributed by atoms with van der Waals surface area (Å²) < 4.78 is 0. The maximum Gasteiger partial charge on any atom is 0.0236 e. The van der Waals surface area contributed by atoms with Gasteiger partial charge in [-0.05, 0) is 39.5 Å². The summed E-state index contributed by atoms with van der Waals surface area (Å²) in [7, 11) is 0. The summed E-state index contributed by atoms with van der Waals surface area (Å²) in [6.45, 7) is 9.88. The van der Waals surface area contributed by atoms with Crippen LogP contribution < -0.4 is 5.32 Å². The zero-order valence-corrected chi connectivity index (χ0v) is 11.4. The predicted octanol–water partition coefficient (Wildman–Crippen LogP) is 1.30. The molecule has 3 fully saturated rings. The highest BCUT2D eigenvalue weighted by molar-refractivity contribution is 4.94. The molecule has 0 radical (unpaired) electrons. The van der Waals surface area contributed by atoms with Gasteiger partial charge in [0, 0.05) is 50.3 Å². The van der Waals surface area contributed by atoms with Crippen LogP contribution in [-0.2, 0) is 0 Å². The van der Waals surface area contributed by atoms with Crippen molar-refractivity contribution in [3.05, 3.63) is 0 Å². The monoisotopic (exact) mass is 237 g/mol. The summed E-state index contributed by atoms with van der Waals surface area (Å²) in [6.07, 6.45) is 5.58. The number of fused-ring (bicyclic) bond motifs is 2. The molecule has 0 saturated carbocycles. The average molecular weight is 237 g/mol. The summed E-state index contributed by atoms with van der Waals surface area (Å²) in [5.41, 5.74) is 0. The smallest absolute Gasteiger partial charge is 0.0236 e. The number of likely N-dealkylation sites (tertiary alicyclic amines) is 2. The van der Waals surface area contributed by atoms with Crippen molar-refractivity contribution < 1.29 is 0 Å². The number of hydrogen-bond donors (Lipinski definition) is 1. The Hall–Kier alpha value is -0.120.